The minimum Gasteiger partial charge on any atom is -0.354 e. The Morgan fingerprint density at radius 2 is 1.85 bits per heavy atom. The molecule has 3 nitrogen and oxygen atoms in total. The zero-order chi connectivity index (χ0) is 14.4. The number of para-hydroxylation sites is 1. The number of aryl methyl sites for hydroxylation is 1. The van der Waals surface area contributed by atoms with Crippen LogP contribution >= 0.6 is 0 Å². The van der Waals surface area contributed by atoms with Crippen molar-refractivity contribution in [3.63, 3.8) is 0 Å². The van der Waals surface area contributed by atoms with E-state index >= 15 is 0 Å². The Balaban J connectivity index is 1.85. The largest absolute Gasteiger partial charge is 0.354 e. The zero-order valence-corrected chi connectivity index (χ0v) is 12.2. The van der Waals surface area contributed by atoms with Crippen LogP contribution in [0.3, 0.4) is 0 Å². The number of nitrogens with zero attached hydrogens (tertiary/aromatic N) is 1. The maximum atomic E-state index is 12.0. The summed E-state index contributed by atoms with van der Waals surface area (Å²) in [6.07, 6.45) is 5.44. The van der Waals surface area contributed by atoms with Gasteiger partial charge in [0.05, 0.1) is 0 Å². The third kappa shape index (κ3) is 3.98. The van der Waals surface area contributed by atoms with Gasteiger partial charge in [-0.05, 0) is 36.1 Å². The molecule has 106 valence electrons. The number of aromatic nitrogens is 1. The van der Waals surface area contributed by atoms with Gasteiger partial charge in [-0.1, -0.05) is 32.0 Å². The van der Waals surface area contributed by atoms with E-state index in [0.717, 1.165) is 18.7 Å². The van der Waals surface area contributed by atoms with E-state index in [-0.39, 0.29) is 5.91 Å². The molecule has 0 spiro atoms. The van der Waals surface area contributed by atoms with Crippen molar-refractivity contribution in [2.45, 2.75) is 39.2 Å². The molecule has 1 heterocycles. The van der Waals surface area contributed by atoms with Gasteiger partial charge < -0.3 is 9.88 Å². The standard InChI is InChI=1S/C17H22N2O/c1-14(2)15-8-3-4-9-16(15)18-17(20)10-7-13-19-11-5-6-12-19/h3-6,8-9,11-12,14H,7,10,13H2,1-2H3,(H,18,20). The molecule has 0 bridgehead atoms. The van der Waals surface area contributed by atoms with Gasteiger partial charge in [-0.2, -0.15) is 0 Å². The van der Waals surface area contributed by atoms with Gasteiger partial charge in [-0.3, -0.25) is 4.79 Å². The quantitative estimate of drug-likeness (QED) is 0.844. The monoisotopic (exact) mass is 270 g/mol. The number of benzene rings is 1. The van der Waals surface area contributed by atoms with E-state index in [1.165, 1.54) is 5.56 Å². The molecule has 2 aromatic rings. The van der Waals surface area contributed by atoms with Gasteiger partial charge in [0.15, 0.2) is 0 Å². The molecule has 0 aliphatic carbocycles. The first kappa shape index (κ1) is 14.4. The van der Waals surface area contributed by atoms with Crippen molar-refractivity contribution in [1.82, 2.24) is 4.57 Å². The SMILES string of the molecule is CC(C)c1ccccc1NC(=O)CCCn1cccc1. The number of rotatable bonds is 6. The highest BCUT2D eigenvalue weighted by Crippen LogP contribution is 2.23. The van der Waals surface area contributed by atoms with Crippen molar-refractivity contribution >= 4 is 11.6 Å². The van der Waals surface area contributed by atoms with E-state index < -0.39 is 0 Å². The molecule has 0 aliphatic heterocycles. The Kier molecular flexibility index (Phi) is 4.99. The lowest BCUT2D eigenvalue weighted by atomic mass is 10.0. The predicted molar refractivity (Wildman–Crippen MR) is 82.8 cm³/mol. The summed E-state index contributed by atoms with van der Waals surface area (Å²) in [7, 11) is 0. The second-order valence-corrected chi connectivity index (χ2v) is 5.31. The summed E-state index contributed by atoms with van der Waals surface area (Å²) in [4.78, 5) is 12.0. The van der Waals surface area contributed by atoms with E-state index in [2.05, 4.69) is 29.8 Å². The maximum Gasteiger partial charge on any atom is 0.224 e. The first-order valence-corrected chi connectivity index (χ1v) is 7.16. The highest BCUT2D eigenvalue weighted by molar-refractivity contribution is 5.91. The summed E-state index contributed by atoms with van der Waals surface area (Å²) < 4.78 is 2.09. The fraction of sp³-hybridized carbons (Fsp3) is 0.353. The average molecular weight is 270 g/mol. The molecule has 0 saturated carbocycles. The topological polar surface area (TPSA) is 34.0 Å². The van der Waals surface area contributed by atoms with Crippen LogP contribution in [0.4, 0.5) is 5.69 Å². The Hall–Kier alpha value is -2.03. The van der Waals surface area contributed by atoms with Crippen molar-refractivity contribution in [3.8, 4) is 0 Å². The lowest BCUT2D eigenvalue weighted by Crippen LogP contribution is -2.13. The molecule has 1 aromatic carbocycles. The van der Waals surface area contributed by atoms with E-state index in [1.807, 2.05) is 42.7 Å². The summed E-state index contributed by atoms with van der Waals surface area (Å²) >= 11 is 0. The molecule has 0 fully saturated rings. The van der Waals surface area contributed by atoms with Gasteiger partial charge in [0, 0.05) is 31.0 Å². The van der Waals surface area contributed by atoms with E-state index in [4.69, 9.17) is 0 Å². The number of carbonyl (C=O) groups excluding carboxylic acids is 1. The van der Waals surface area contributed by atoms with E-state index in [9.17, 15) is 4.79 Å². The van der Waals surface area contributed by atoms with Crippen molar-refractivity contribution in [2.24, 2.45) is 0 Å². The molecule has 0 atom stereocenters. The van der Waals surface area contributed by atoms with Crippen LogP contribution in [0, 0.1) is 0 Å². The number of amides is 1. The first-order valence-electron chi connectivity index (χ1n) is 7.16. The Bertz CT molecular complexity index is 544. The third-order valence-corrected chi connectivity index (χ3v) is 3.34. The molecular formula is C17H22N2O. The molecule has 0 saturated heterocycles. The van der Waals surface area contributed by atoms with Crippen molar-refractivity contribution < 1.29 is 4.79 Å². The number of hydrogen-bond donors (Lipinski definition) is 1. The molecule has 1 N–H and O–H groups in total. The second-order valence-electron chi connectivity index (χ2n) is 5.31. The maximum absolute atomic E-state index is 12.0. The summed E-state index contributed by atoms with van der Waals surface area (Å²) in [6.45, 7) is 5.15. The van der Waals surface area contributed by atoms with Crippen LogP contribution in [0.15, 0.2) is 48.8 Å². The minimum absolute atomic E-state index is 0.0882. The van der Waals surface area contributed by atoms with Crippen molar-refractivity contribution in [1.29, 1.82) is 0 Å². The van der Waals surface area contributed by atoms with Crippen molar-refractivity contribution in [3.05, 3.63) is 54.4 Å². The molecule has 0 unspecified atom stereocenters. The van der Waals surface area contributed by atoms with E-state index in [0.29, 0.717) is 12.3 Å². The number of hydrogen-bond acceptors (Lipinski definition) is 1. The molecule has 1 aromatic heterocycles. The van der Waals surface area contributed by atoms with Gasteiger partial charge in [0.2, 0.25) is 5.91 Å². The highest BCUT2D eigenvalue weighted by Gasteiger charge is 2.08. The molecule has 0 aliphatic rings. The molecular weight excluding hydrogens is 248 g/mol. The van der Waals surface area contributed by atoms with E-state index in [1.54, 1.807) is 0 Å². The summed E-state index contributed by atoms with van der Waals surface area (Å²) in [5.41, 5.74) is 2.12. The van der Waals surface area contributed by atoms with Gasteiger partial charge in [-0.15, -0.1) is 0 Å². The van der Waals surface area contributed by atoms with Crippen LogP contribution in [0.1, 0.15) is 38.2 Å². The van der Waals surface area contributed by atoms with Gasteiger partial charge >= 0.3 is 0 Å². The van der Waals surface area contributed by atoms with Crippen LogP contribution in [0.25, 0.3) is 0 Å². The fourth-order valence-corrected chi connectivity index (χ4v) is 2.27. The molecule has 1 amide bonds. The Morgan fingerprint density at radius 1 is 1.15 bits per heavy atom. The van der Waals surface area contributed by atoms with Gasteiger partial charge in [0.1, 0.15) is 0 Å². The van der Waals surface area contributed by atoms with Crippen molar-refractivity contribution in [2.75, 3.05) is 5.32 Å². The van der Waals surface area contributed by atoms with Crippen LogP contribution in [-0.2, 0) is 11.3 Å². The Morgan fingerprint density at radius 3 is 2.55 bits per heavy atom. The highest BCUT2D eigenvalue weighted by atomic mass is 16.1. The molecule has 20 heavy (non-hydrogen) atoms. The average Bonchev–Trinajstić information content (AvgIpc) is 2.92. The summed E-state index contributed by atoms with van der Waals surface area (Å²) in [6, 6.07) is 12.0. The number of nitrogens with one attached hydrogen (secondary N) is 1. The smallest absolute Gasteiger partial charge is 0.224 e. The van der Waals surface area contributed by atoms with Crippen LogP contribution in [-0.4, -0.2) is 10.5 Å². The third-order valence-electron chi connectivity index (χ3n) is 3.34. The second kappa shape index (κ2) is 6.94. The van der Waals surface area contributed by atoms with Crippen LogP contribution in [0.2, 0.25) is 0 Å². The molecule has 0 radical (unpaired) electrons. The number of carbonyl (C=O) groups is 1. The lowest BCUT2D eigenvalue weighted by Gasteiger charge is -2.13. The van der Waals surface area contributed by atoms with Crippen LogP contribution in [0.5, 0.6) is 0 Å². The first-order chi connectivity index (χ1) is 9.66. The number of anilines is 1. The van der Waals surface area contributed by atoms with Gasteiger partial charge in [-0.25, -0.2) is 0 Å². The summed E-state index contributed by atoms with van der Waals surface area (Å²) in [5.74, 6) is 0.497. The lowest BCUT2D eigenvalue weighted by molar-refractivity contribution is -0.116. The zero-order valence-electron chi connectivity index (χ0n) is 12.2. The summed E-state index contributed by atoms with van der Waals surface area (Å²) in [5, 5.41) is 3.02. The Labute approximate surface area is 120 Å². The fourth-order valence-electron chi connectivity index (χ4n) is 2.27. The normalized spacial score (nSPS) is 10.8. The van der Waals surface area contributed by atoms with Crippen LogP contribution < -0.4 is 5.32 Å². The minimum atomic E-state index is 0.0882. The molecule has 2 rings (SSSR count). The molecule has 3 heteroatoms. The van der Waals surface area contributed by atoms with Gasteiger partial charge in [0.25, 0.3) is 0 Å². The predicted octanol–water partition coefficient (Wildman–Crippen LogP) is 4.03.